The number of aliphatic hydroxyl groups is 1. The fourth-order valence-electron chi connectivity index (χ4n) is 3.03. The standard InChI is InChI=1S/C16H19NO4/c18-10-15-9-17(16(20)21-15)13-5-1-11(2-6-13)12-3-7-14(19)8-4-12/h1-2,5-6,12,15,18H,3-4,7-10H2/t15-/m0/s1. The highest BCUT2D eigenvalue weighted by Gasteiger charge is 2.31. The van der Waals surface area contributed by atoms with Crippen LogP contribution in [0.5, 0.6) is 0 Å². The van der Waals surface area contributed by atoms with Crippen LogP contribution in [0.2, 0.25) is 0 Å². The Morgan fingerprint density at radius 1 is 1.14 bits per heavy atom. The predicted molar refractivity (Wildman–Crippen MR) is 77.4 cm³/mol. The van der Waals surface area contributed by atoms with Gasteiger partial charge in [0.15, 0.2) is 0 Å². The van der Waals surface area contributed by atoms with E-state index in [0.717, 1.165) is 18.5 Å². The van der Waals surface area contributed by atoms with Gasteiger partial charge in [0.1, 0.15) is 11.9 Å². The first-order chi connectivity index (χ1) is 10.2. The predicted octanol–water partition coefficient (Wildman–Crippen LogP) is 2.23. The molecule has 0 unspecified atom stereocenters. The zero-order valence-corrected chi connectivity index (χ0v) is 11.8. The molecule has 0 radical (unpaired) electrons. The monoisotopic (exact) mass is 289 g/mol. The lowest BCUT2D eigenvalue weighted by atomic mass is 9.83. The fourth-order valence-corrected chi connectivity index (χ4v) is 3.03. The number of cyclic esters (lactones) is 1. The zero-order chi connectivity index (χ0) is 14.8. The molecule has 1 aliphatic carbocycles. The Bertz CT molecular complexity index is 530. The van der Waals surface area contributed by atoms with Gasteiger partial charge in [0, 0.05) is 18.5 Å². The first-order valence-corrected chi connectivity index (χ1v) is 7.38. The maximum atomic E-state index is 11.7. The van der Waals surface area contributed by atoms with Crippen molar-refractivity contribution in [3.05, 3.63) is 29.8 Å². The molecule has 2 aliphatic rings. The van der Waals surface area contributed by atoms with Crippen molar-refractivity contribution in [3.8, 4) is 0 Å². The second-order valence-electron chi connectivity index (χ2n) is 5.70. The molecular weight excluding hydrogens is 270 g/mol. The summed E-state index contributed by atoms with van der Waals surface area (Å²) >= 11 is 0. The summed E-state index contributed by atoms with van der Waals surface area (Å²) in [5.41, 5.74) is 2.00. The van der Waals surface area contributed by atoms with Crippen LogP contribution in [0.15, 0.2) is 24.3 Å². The van der Waals surface area contributed by atoms with Gasteiger partial charge in [0.25, 0.3) is 0 Å². The van der Waals surface area contributed by atoms with E-state index in [1.54, 1.807) is 0 Å². The smallest absolute Gasteiger partial charge is 0.414 e. The van der Waals surface area contributed by atoms with Gasteiger partial charge in [0.2, 0.25) is 0 Å². The Kier molecular flexibility index (Phi) is 3.92. The summed E-state index contributed by atoms with van der Waals surface area (Å²) in [5, 5.41) is 9.05. The van der Waals surface area contributed by atoms with E-state index in [1.807, 2.05) is 24.3 Å². The van der Waals surface area contributed by atoms with E-state index in [1.165, 1.54) is 10.5 Å². The van der Waals surface area contributed by atoms with Crippen molar-refractivity contribution < 1.29 is 19.4 Å². The highest BCUT2D eigenvalue weighted by atomic mass is 16.6. The molecule has 112 valence electrons. The van der Waals surface area contributed by atoms with E-state index in [2.05, 4.69) is 0 Å². The lowest BCUT2D eigenvalue weighted by Gasteiger charge is -2.22. The number of carbonyl (C=O) groups excluding carboxylic acids is 2. The van der Waals surface area contributed by atoms with E-state index >= 15 is 0 Å². The Morgan fingerprint density at radius 3 is 2.38 bits per heavy atom. The van der Waals surface area contributed by atoms with Crippen LogP contribution < -0.4 is 4.90 Å². The molecule has 1 amide bonds. The third kappa shape index (κ3) is 2.93. The van der Waals surface area contributed by atoms with Crippen LogP contribution in [0.3, 0.4) is 0 Å². The summed E-state index contributed by atoms with van der Waals surface area (Å²) in [4.78, 5) is 24.5. The van der Waals surface area contributed by atoms with Crippen LogP contribution in [-0.4, -0.2) is 36.2 Å². The summed E-state index contributed by atoms with van der Waals surface area (Å²) in [7, 11) is 0. The minimum absolute atomic E-state index is 0.156. The Balaban J connectivity index is 1.69. The van der Waals surface area contributed by atoms with Gasteiger partial charge in [-0.05, 0) is 36.5 Å². The van der Waals surface area contributed by atoms with Crippen molar-refractivity contribution in [1.82, 2.24) is 0 Å². The zero-order valence-electron chi connectivity index (χ0n) is 11.8. The fraction of sp³-hybridized carbons (Fsp3) is 0.500. The van der Waals surface area contributed by atoms with Crippen LogP contribution in [0.25, 0.3) is 0 Å². The number of carbonyl (C=O) groups is 2. The number of nitrogens with zero attached hydrogens (tertiary/aromatic N) is 1. The number of ether oxygens (including phenoxy) is 1. The number of rotatable bonds is 3. The third-order valence-electron chi connectivity index (χ3n) is 4.30. The topological polar surface area (TPSA) is 66.8 Å². The van der Waals surface area contributed by atoms with Crippen molar-refractivity contribution in [3.63, 3.8) is 0 Å². The summed E-state index contributed by atoms with van der Waals surface area (Å²) in [6.07, 6.45) is 2.31. The molecule has 2 fully saturated rings. The molecule has 1 aromatic rings. The average molecular weight is 289 g/mol. The number of aliphatic hydroxyl groups excluding tert-OH is 1. The van der Waals surface area contributed by atoms with Crippen molar-refractivity contribution in [2.45, 2.75) is 37.7 Å². The van der Waals surface area contributed by atoms with Gasteiger partial charge in [-0.25, -0.2) is 4.79 Å². The van der Waals surface area contributed by atoms with Crippen molar-refractivity contribution >= 4 is 17.6 Å². The van der Waals surface area contributed by atoms with E-state index < -0.39 is 12.2 Å². The summed E-state index contributed by atoms with van der Waals surface area (Å²) in [6.45, 7) is 0.225. The first-order valence-electron chi connectivity index (χ1n) is 7.38. The quantitative estimate of drug-likeness (QED) is 0.926. The van der Waals surface area contributed by atoms with Gasteiger partial charge >= 0.3 is 6.09 Å². The van der Waals surface area contributed by atoms with Gasteiger partial charge < -0.3 is 9.84 Å². The number of hydrogen-bond donors (Lipinski definition) is 1. The molecule has 1 atom stereocenters. The second kappa shape index (κ2) is 5.85. The van der Waals surface area contributed by atoms with Crippen LogP contribution >= 0.6 is 0 Å². The van der Waals surface area contributed by atoms with Gasteiger partial charge in [-0.15, -0.1) is 0 Å². The Hall–Kier alpha value is -1.88. The normalized spacial score (nSPS) is 23.5. The SMILES string of the molecule is O=C1CCC(c2ccc(N3C[C@@H](CO)OC3=O)cc2)CC1. The molecule has 1 saturated heterocycles. The second-order valence-corrected chi connectivity index (χ2v) is 5.70. The number of amides is 1. The van der Waals surface area contributed by atoms with Crippen LogP contribution in [0, 0.1) is 0 Å². The molecule has 3 rings (SSSR count). The molecule has 0 aromatic heterocycles. The van der Waals surface area contributed by atoms with Gasteiger partial charge in [-0.1, -0.05) is 12.1 Å². The van der Waals surface area contributed by atoms with Crippen LogP contribution in [0.1, 0.15) is 37.2 Å². The highest BCUT2D eigenvalue weighted by molar-refractivity contribution is 5.89. The van der Waals surface area contributed by atoms with Crippen LogP contribution in [0.4, 0.5) is 10.5 Å². The minimum atomic E-state index is -0.443. The van der Waals surface area contributed by atoms with Crippen molar-refractivity contribution in [1.29, 1.82) is 0 Å². The molecule has 1 aromatic carbocycles. The van der Waals surface area contributed by atoms with E-state index in [9.17, 15) is 9.59 Å². The molecule has 1 saturated carbocycles. The number of ketones is 1. The van der Waals surface area contributed by atoms with Crippen molar-refractivity contribution in [2.75, 3.05) is 18.1 Å². The molecular formula is C16H19NO4. The minimum Gasteiger partial charge on any atom is -0.441 e. The molecule has 21 heavy (non-hydrogen) atoms. The summed E-state index contributed by atoms with van der Waals surface area (Å²) in [5.74, 6) is 0.796. The molecule has 0 bridgehead atoms. The number of anilines is 1. The van der Waals surface area contributed by atoms with Gasteiger partial charge in [-0.3, -0.25) is 9.69 Å². The maximum absolute atomic E-state index is 11.7. The number of benzene rings is 1. The van der Waals surface area contributed by atoms with E-state index in [-0.39, 0.29) is 6.61 Å². The number of hydrogen-bond acceptors (Lipinski definition) is 4. The molecule has 1 heterocycles. The Morgan fingerprint density at radius 2 is 1.81 bits per heavy atom. The lowest BCUT2D eigenvalue weighted by Crippen LogP contribution is -2.25. The third-order valence-corrected chi connectivity index (χ3v) is 4.30. The first kappa shape index (κ1) is 14.1. The number of Topliss-reactive ketones (excluding diaryl/α,β-unsaturated/α-hetero) is 1. The van der Waals surface area contributed by atoms with Gasteiger partial charge in [0.05, 0.1) is 13.2 Å². The van der Waals surface area contributed by atoms with Crippen LogP contribution in [-0.2, 0) is 9.53 Å². The lowest BCUT2D eigenvalue weighted by molar-refractivity contribution is -0.120. The maximum Gasteiger partial charge on any atom is 0.414 e. The largest absolute Gasteiger partial charge is 0.441 e. The highest BCUT2D eigenvalue weighted by Crippen LogP contribution is 2.32. The van der Waals surface area contributed by atoms with E-state index in [0.29, 0.717) is 31.1 Å². The molecule has 5 nitrogen and oxygen atoms in total. The molecule has 0 spiro atoms. The molecule has 1 aliphatic heterocycles. The summed E-state index contributed by atoms with van der Waals surface area (Å²) < 4.78 is 5.04. The summed E-state index contributed by atoms with van der Waals surface area (Å²) in [6, 6.07) is 7.87. The van der Waals surface area contributed by atoms with Gasteiger partial charge in [-0.2, -0.15) is 0 Å². The van der Waals surface area contributed by atoms with Crippen molar-refractivity contribution in [2.24, 2.45) is 0 Å². The molecule has 5 heteroatoms. The average Bonchev–Trinajstić information content (AvgIpc) is 2.89. The van der Waals surface area contributed by atoms with E-state index in [4.69, 9.17) is 9.84 Å². The Labute approximate surface area is 123 Å². The molecule has 1 N–H and O–H groups in total.